The molecular formula is C15H15NO5. The van der Waals surface area contributed by atoms with Crippen molar-refractivity contribution in [2.24, 2.45) is 0 Å². The topological polar surface area (TPSA) is 99.0 Å². The molecule has 0 aliphatic carbocycles. The fraction of sp³-hybridized carbons (Fsp3) is 0.133. The number of hydrogen-bond donors (Lipinski definition) is 4. The van der Waals surface area contributed by atoms with Crippen LogP contribution in [0.2, 0.25) is 0 Å². The van der Waals surface area contributed by atoms with Crippen molar-refractivity contribution in [2.75, 3.05) is 12.4 Å². The van der Waals surface area contributed by atoms with Crippen LogP contribution >= 0.6 is 0 Å². The number of benzene rings is 2. The Morgan fingerprint density at radius 1 is 1.10 bits per heavy atom. The lowest BCUT2D eigenvalue weighted by atomic mass is 10.1. The minimum atomic E-state index is -0.621. The van der Waals surface area contributed by atoms with Gasteiger partial charge in [0, 0.05) is 23.9 Å². The Labute approximate surface area is 121 Å². The molecule has 0 unspecified atom stereocenters. The molecule has 0 spiro atoms. The maximum atomic E-state index is 11.3. The minimum Gasteiger partial charge on any atom is -0.508 e. The molecule has 0 bridgehead atoms. The maximum absolute atomic E-state index is 11.3. The summed E-state index contributed by atoms with van der Waals surface area (Å²) < 4.78 is 4.53. The highest BCUT2D eigenvalue weighted by molar-refractivity contribution is 5.92. The van der Waals surface area contributed by atoms with E-state index in [-0.39, 0.29) is 29.4 Å². The zero-order chi connectivity index (χ0) is 15.4. The van der Waals surface area contributed by atoms with Crippen LogP contribution in [0.25, 0.3) is 0 Å². The number of phenols is 3. The average molecular weight is 289 g/mol. The molecule has 0 fully saturated rings. The number of carbonyl (C=O) groups is 1. The van der Waals surface area contributed by atoms with Crippen LogP contribution in [0.5, 0.6) is 17.2 Å². The van der Waals surface area contributed by atoms with E-state index in [2.05, 4.69) is 10.1 Å². The van der Waals surface area contributed by atoms with Gasteiger partial charge in [-0.3, -0.25) is 0 Å². The first-order chi connectivity index (χ1) is 10.0. The summed E-state index contributed by atoms with van der Waals surface area (Å²) in [6.45, 7) is 0.247. The summed E-state index contributed by atoms with van der Waals surface area (Å²) in [5.41, 5.74) is 1.14. The van der Waals surface area contributed by atoms with Crippen LogP contribution in [0.3, 0.4) is 0 Å². The number of aromatic hydroxyl groups is 3. The largest absolute Gasteiger partial charge is 0.508 e. The Bertz CT molecular complexity index is 669. The fourth-order valence-electron chi connectivity index (χ4n) is 1.83. The van der Waals surface area contributed by atoms with E-state index in [0.29, 0.717) is 11.3 Å². The molecule has 0 atom stereocenters. The Hall–Kier alpha value is -2.89. The zero-order valence-corrected chi connectivity index (χ0v) is 11.3. The Balaban J connectivity index is 2.12. The maximum Gasteiger partial charge on any atom is 0.341 e. The monoisotopic (exact) mass is 289 g/mol. The molecule has 2 rings (SSSR count). The first kappa shape index (κ1) is 14.5. The number of nitrogens with one attached hydrogen (secondary N) is 1. The van der Waals surface area contributed by atoms with Crippen LogP contribution in [-0.4, -0.2) is 28.4 Å². The number of ether oxygens (including phenoxy) is 1. The molecule has 0 aliphatic heterocycles. The average Bonchev–Trinajstić information content (AvgIpc) is 2.47. The van der Waals surface area contributed by atoms with Gasteiger partial charge >= 0.3 is 5.97 Å². The van der Waals surface area contributed by atoms with Crippen LogP contribution < -0.4 is 5.32 Å². The van der Waals surface area contributed by atoms with Crippen molar-refractivity contribution < 1.29 is 24.9 Å². The van der Waals surface area contributed by atoms with Gasteiger partial charge in [0.1, 0.15) is 22.8 Å². The van der Waals surface area contributed by atoms with E-state index >= 15 is 0 Å². The molecule has 0 saturated heterocycles. The first-order valence-electron chi connectivity index (χ1n) is 6.17. The molecule has 0 amide bonds. The number of esters is 1. The van der Waals surface area contributed by atoms with Gasteiger partial charge in [0.05, 0.1) is 7.11 Å². The summed E-state index contributed by atoms with van der Waals surface area (Å²) in [6.07, 6.45) is 0. The van der Waals surface area contributed by atoms with Crippen molar-refractivity contribution in [1.29, 1.82) is 0 Å². The molecular weight excluding hydrogens is 274 g/mol. The van der Waals surface area contributed by atoms with Crippen molar-refractivity contribution in [3.63, 3.8) is 0 Å². The van der Waals surface area contributed by atoms with E-state index in [1.54, 1.807) is 6.07 Å². The molecule has 0 radical (unpaired) electrons. The third-order valence-corrected chi connectivity index (χ3v) is 2.95. The Kier molecular flexibility index (Phi) is 4.18. The Morgan fingerprint density at radius 3 is 2.52 bits per heavy atom. The van der Waals surface area contributed by atoms with Gasteiger partial charge in [0.2, 0.25) is 0 Å². The highest BCUT2D eigenvalue weighted by Gasteiger charge is 2.11. The second-order valence-electron chi connectivity index (χ2n) is 4.39. The predicted octanol–water partition coefficient (Wildman–Crippen LogP) is 2.20. The van der Waals surface area contributed by atoms with Gasteiger partial charge in [0.25, 0.3) is 0 Å². The lowest BCUT2D eigenvalue weighted by Crippen LogP contribution is -2.03. The van der Waals surface area contributed by atoms with Gasteiger partial charge in [-0.25, -0.2) is 4.79 Å². The number of carbonyl (C=O) groups excluding carboxylic acids is 1. The van der Waals surface area contributed by atoms with Crippen LogP contribution in [0.4, 0.5) is 5.69 Å². The van der Waals surface area contributed by atoms with Gasteiger partial charge in [-0.1, -0.05) is 0 Å². The van der Waals surface area contributed by atoms with Crippen molar-refractivity contribution in [3.8, 4) is 17.2 Å². The van der Waals surface area contributed by atoms with Crippen LogP contribution in [0.15, 0.2) is 36.4 Å². The number of phenolic OH excluding ortho intramolecular Hbond substituents is 3. The van der Waals surface area contributed by atoms with Crippen molar-refractivity contribution in [3.05, 3.63) is 47.5 Å². The summed E-state index contributed by atoms with van der Waals surface area (Å²) in [5.74, 6) is -0.721. The van der Waals surface area contributed by atoms with E-state index < -0.39 is 5.97 Å². The van der Waals surface area contributed by atoms with Crippen molar-refractivity contribution >= 4 is 11.7 Å². The lowest BCUT2D eigenvalue weighted by molar-refractivity contribution is 0.0597. The molecule has 0 aliphatic rings. The third kappa shape index (κ3) is 3.36. The van der Waals surface area contributed by atoms with E-state index in [9.17, 15) is 20.1 Å². The van der Waals surface area contributed by atoms with Gasteiger partial charge < -0.3 is 25.4 Å². The molecule has 6 nitrogen and oxygen atoms in total. The predicted molar refractivity (Wildman–Crippen MR) is 76.5 cm³/mol. The van der Waals surface area contributed by atoms with E-state index in [0.717, 1.165) is 0 Å². The number of anilines is 1. The zero-order valence-electron chi connectivity index (χ0n) is 11.3. The Morgan fingerprint density at radius 2 is 1.86 bits per heavy atom. The molecule has 21 heavy (non-hydrogen) atoms. The van der Waals surface area contributed by atoms with Gasteiger partial charge in [0.15, 0.2) is 0 Å². The van der Waals surface area contributed by atoms with Crippen LogP contribution in [0.1, 0.15) is 15.9 Å². The van der Waals surface area contributed by atoms with E-state index in [1.807, 2.05) is 0 Å². The standard InChI is InChI=1S/C15H15NO5/c1-21-15(20)12-4-2-10(7-14(12)19)16-8-9-6-11(17)3-5-13(9)18/h2-7,16-19H,8H2,1H3. The summed E-state index contributed by atoms with van der Waals surface area (Å²) >= 11 is 0. The smallest absolute Gasteiger partial charge is 0.341 e. The molecule has 110 valence electrons. The fourth-order valence-corrected chi connectivity index (χ4v) is 1.83. The summed E-state index contributed by atoms with van der Waals surface area (Å²) in [6, 6.07) is 8.63. The summed E-state index contributed by atoms with van der Waals surface area (Å²) in [7, 11) is 1.23. The van der Waals surface area contributed by atoms with Crippen molar-refractivity contribution in [2.45, 2.75) is 6.54 Å². The molecule has 0 saturated carbocycles. The molecule has 2 aromatic carbocycles. The number of methoxy groups -OCH3 is 1. The number of hydrogen-bond acceptors (Lipinski definition) is 6. The van der Waals surface area contributed by atoms with Gasteiger partial charge in [-0.15, -0.1) is 0 Å². The first-order valence-corrected chi connectivity index (χ1v) is 6.17. The number of rotatable bonds is 4. The molecule has 6 heteroatoms. The minimum absolute atomic E-state index is 0.0495. The normalized spacial score (nSPS) is 10.1. The second kappa shape index (κ2) is 6.04. The van der Waals surface area contributed by atoms with Crippen LogP contribution in [0, 0.1) is 0 Å². The highest BCUT2D eigenvalue weighted by Crippen LogP contribution is 2.25. The lowest BCUT2D eigenvalue weighted by Gasteiger charge is -2.10. The van der Waals surface area contributed by atoms with E-state index in [4.69, 9.17) is 0 Å². The molecule has 4 N–H and O–H groups in total. The summed E-state index contributed by atoms with van der Waals surface area (Å²) in [4.78, 5) is 11.3. The van der Waals surface area contributed by atoms with E-state index in [1.165, 1.54) is 37.4 Å². The SMILES string of the molecule is COC(=O)c1ccc(NCc2cc(O)ccc2O)cc1O. The third-order valence-electron chi connectivity index (χ3n) is 2.95. The van der Waals surface area contributed by atoms with Crippen molar-refractivity contribution in [1.82, 2.24) is 0 Å². The highest BCUT2D eigenvalue weighted by atomic mass is 16.5. The molecule has 2 aromatic rings. The molecule has 0 heterocycles. The van der Waals surface area contributed by atoms with Crippen LogP contribution in [-0.2, 0) is 11.3 Å². The van der Waals surface area contributed by atoms with Gasteiger partial charge in [-0.2, -0.15) is 0 Å². The molecule has 0 aromatic heterocycles. The second-order valence-corrected chi connectivity index (χ2v) is 4.39. The summed E-state index contributed by atoms with van der Waals surface area (Å²) in [5, 5.41) is 31.8. The van der Waals surface area contributed by atoms with Gasteiger partial charge in [-0.05, 0) is 30.3 Å². The quantitative estimate of drug-likeness (QED) is 0.509.